The predicted octanol–water partition coefficient (Wildman–Crippen LogP) is 5.25. The van der Waals surface area contributed by atoms with Crippen molar-refractivity contribution in [3.05, 3.63) is 102 Å². The number of carbonyl (C=O) groups is 1. The Morgan fingerprint density at radius 2 is 1.64 bits per heavy atom. The zero-order valence-electron chi connectivity index (χ0n) is 16.1. The minimum atomic E-state index is -0.280. The molecule has 140 valence electrons. The van der Waals surface area contributed by atoms with E-state index in [2.05, 4.69) is 36.4 Å². The molecular formula is C25H23NO2. The van der Waals surface area contributed by atoms with Crippen LogP contribution in [0.2, 0.25) is 0 Å². The summed E-state index contributed by atoms with van der Waals surface area (Å²) in [4.78, 5) is 15.0. The molecule has 3 aromatic rings. The Balaban J connectivity index is 1.81. The van der Waals surface area contributed by atoms with Crippen LogP contribution in [-0.4, -0.2) is 20.1 Å². The lowest BCUT2D eigenvalue weighted by atomic mass is 9.81. The van der Waals surface area contributed by atoms with Gasteiger partial charge in [-0.25, -0.2) is 0 Å². The minimum Gasteiger partial charge on any atom is -0.497 e. The lowest BCUT2D eigenvalue weighted by molar-refractivity contribution is -0.119. The Labute approximate surface area is 165 Å². The first-order valence-corrected chi connectivity index (χ1v) is 9.43. The highest BCUT2D eigenvalue weighted by Gasteiger charge is 2.40. The molecule has 28 heavy (non-hydrogen) atoms. The second-order valence-corrected chi connectivity index (χ2v) is 7.01. The van der Waals surface area contributed by atoms with Crippen LogP contribution in [0.1, 0.15) is 28.5 Å². The summed E-state index contributed by atoms with van der Waals surface area (Å²) in [7, 11) is 3.50. The summed E-state index contributed by atoms with van der Waals surface area (Å²) in [6.07, 6.45) is 4.25. The molecule has 1 amide bonds. The van der Waals surface area contributed by atoms with E-state index in [1.54, 1.807) is 12.0 Å². The molecule has 0 spiro atoms. The molecule has 0 bridgehead atoms. The Hall–Kier alpha value is -3.33. The summed E-state index contributed by atoms with van der Waals surface area (Å²) in [5, 5.41) is 0. The zero-order chi connectivity index (χ0) is 19.5. The van der Waals surface area contributed by atoms with Gasteiger partial charge < -0.3 is 9.64 Å². The number of methoxy groups -OCH3 is 1. The molecule has 2 atom stereocenters. The molecule has 3 heteroatoms. The van der Waals surface area contributed by atoms with E-state index in [1.165, 1.54) is 0 Å². The minimum absolute atomic E-state index is 0.0651. The predicted molar refractivity (Wildman–Crippen MR) is 114 cm³/mol. The van der Waals surface area contributed by atoms with Crippen molar-refractivity contribution in [3.8, 4) is 5.75 Å². The van der Waals surface area contributed by atoms with Crippen molar-refractivity contribution in [1.29, 1.82) is 0 Å². The van der Waals surface area contributed by atoms with Crippen molar-refractivity contribution in [3.63, 3.8) is 0 Å². The average Bonchev–Trinajstić information content (AvgIpc) is 3.00. The monoisotopic (exact) mass is 369 g/mol. The number of carbonyl (C=O) groups excluding carboxylic acids is 1. The van der Waals surface area contributed by atoms with E-state index in [-0.39, 0.29) is 17.7 Å². The Kier molecular flexibility index (Phi) is 4.98. The summed E-state index contributed by atoms with van der Waals surface area (Å²) in [6.45, 7) is 0. The number of amides is 1. The third-order valence-electron chi connectivity index (χ3n) is 5.37. The molecule has 0 saturated heterocycles. The summed E-state index contributed by atoms with van der Waals surface area (Å²) < 4.78 is 5.43. The summed E-state index contributed by atoms with van der Waals surface area (Å²) in [5.74, 6) is 0.530. The van der Waals surface area contributed by atoms with Gasteiger partial charge in [0, 0.05) is 18.7 Å². The van der Waals surface area contributed by atoms with Crippen molar-refractivity contribution in [2.45, 2.75) is 11.8 Å². The van der Waals surface area contributed by atoms with Crippen LogP contribution in [0.3, 0.4) is 0 Å². The fraction of sp³-hybridized carbons (Fsp3) is 0.160. The van der Waals surface area contributed by atoms with E-state index in [9.17, 15) is 4.79 Å². The number of anilines is 1. The van der Waals surface area contributed by atoms with Gasteiger partial charge in [0.15, 0.2) is 0 Å². The van der Waals surface area contributed by atoms with Crippen molar-refractivity contribution < 1.29 is 9.53 Å². The number of benzene rings is 3. The molecule has 4 rings (SSSR count). The molecule has 0 saturated carbocycles. The molecule has 0 fully saturated rings. The molecule has 1 aliphatic heterocycles. The first-order valence-electron chi connectivity index (χ1n) is 9.43. The number of rotatable bonds is 5. The molecule has 3 nitrogen and oxygen atoms in total. The zero-order valence-corrected chi connectivity index (χ0v) is 16.1. The maximum Gasteiger partial charge on any atom is 0.235 e. The van der Waals surface area contributed by atoms with Gasteiger partial charge in [0.05, 0.1) is 13.0 Å². The first-order chi connectivity index (χ1) is 13.7. The fourth-order valence-corrected chi connectivity index (χ4v) is 3.89. The average molecular weight is 369 g/mol. The van der Waals surface area contributed by atoms with Crippen molar-refractivity contribution in [1.82, 2.24) is 0 Å². The van der Waals surface area contributed by atoms with Crippen LogP contribution in [0.5, 0.6) is 5.75 Å². The van der Waals surface area contributed by atoms with Gasteiger partial charge in [-0.1, -0.05) is 72.8 Å². The van der Waals surface area contributed by atoms with Gasteiger partial charge >= 0.3 is 0 Å². The maximum atomic E-state index is 13.2. The van der Waals surface area contributed by atoms with E-state index < -0.39 is 0 Å². The third-order valence-corrected chi connectivity index (χ3v) is 5.37. The van der Waals surface area contributed by atoms with E-state index in [1.807, 2.05) is 61.6 Å². The largest absolute Gasteiger partial charge is 0.497 e. The lowest BCUT2D eigenvalue weighted by Gasteiger charge is -2.21. The van der Waals surface area contributed by atoms with Crippen LogP contribution < -0.4 is 9.64 Å². The van der Waals surface area contributed by atoms with E-state index in [0.717, 1.165) is 28.1 Å². The molecule has 0 N–H and O–H groups in total. The van der Waals surface area contributed by atoms with Gasteiger partial charge in [0.2, 0.25) is 5.91 Å². The topological polar surface area (TPSA) is 29.5 Å². The molecule has 0 aromatic heterocycles. The molecular weight excluding hydrogens is 346 g/mol. The Bertz CT molecular complexity index is 996. The Morgan fingerprint density at radius 1 is 0.964 bits per heavy atom. The molecule has 0 radical (unpaired) electrons. The van der Waals surface area contributed by atoms with Crippen LogP contribution in [0.15, 0.2) is 84.9 Å². The molecule has 0 aliphatic carbocycles. The SMILES string of the molecule is COc1ccc2c(c1)[C@@H]([C@@H](/C=C/c1ccccc1)c1ccccc1)C(=O)N2C. The molecule has 1 heterocycles. The quantitative estimate of drug-likeness (QED) is 0.614. The second-order valence-electron chi connectivity index (χ2n) is 7.01. The van der Waals surface area contributed by atoms with Gasteiger partial charge in [-0.3, -0.25) is 4.79 Å². The van der Waals surface area contributed by atoms with Gasteiger partial charge in [0.1, 0.15) is 5.75 Å². The molecule has 0 unspecified atom stereocenters. The number of allylic oxidation sites excluding steroid dienone is 1. The highest BCUT2D eigenvalue weighted by atomic mass is 16.5. The summed E-state index contributed by atoms with van der Waals surface area (Å²) in [6, 6.07) is 26.3. The van der Waals surface area contributed by atoms with Crippen molar-refractivity contribution in [2.75, 3.05) is 19.1 Å². The van der Waals surface area contributed by atoms with E-state index in [4.69, 9.17) is 4.74 Å². The normalized spacial score (nSPS) is 17.0. The van der Waals surface area contributed by atoms with Crippen LogP contribution in [0, 0.1) is 0 Å². The lowest BCUT2D eigenvalue weighted by Crippen LogP contribution is -2.26. The highest BCUT2D eigenvalue weighted by Crippen LogP contribution is 2.46. The van der Waals surface area contributed by atoms with Gasteiger partial charge in [-0.2, -0.15) is 0 Å². The van der Waals surface area contributed by atoms with Crippen LogP contribution in [-0.2, 0) is 4.79 Å². The van der Waals surface area contributed by atoms with Crippen LogP contribution >= 0.6 is 0 Å². The second kappa shape index (κ2) is 7.73. The van der Waals surface area contributed by atoms with Gasteiger partial charge in [-0.15, -0.1) is 0 Å². The summed E-state index contributed by atoms with van der Waals surface area (Å²) in [5.41, 5.74) is 4.20. The number of ether oxygens (including phenoxy) is 1. The number of nitrogens with zero attached hydrogens (tertiary/aromatic N) is 1. The molecule has 3 aromatic carbocycles. The van der Waals surface area contributed by atoms with Gasteiger partial charge in [0.25, 0.3) is 0 Å². The van der Waals surface area contributed by atoms with Crippen molar-refractivity contribution >= 4 is 17.7 Å². The third kappa shape index (κ3) is 3.31. The summed E-state index contributed by atoms with van der Waals surface area (Å²) >= 11 is 0. The maximum absolute atomic E-state index is 13.2. The van der Waals surface area contributed by atoms with Crippen LogP contribution in [0.4, 0.5) is 5.69 Å². The first kappa shape index (κ1) is 18.1. The number of likely N-dealkylation sites (N-methyl/N-ethyl adjacent to an activating group) is 1. The Morgan fingerprint density at radius 3 is 2.32 bits per heavy atom. The number of hydrogen-bond acceptors (Lipinski definition) is 2. The number of fused-ring (bicyclic) bond motifs is 1. The standard InChI is InChI=1S/C25H23NO2/c1-26-23-16-14-20(28-2)17-22(23)24(25(26)27)21(19-11-7-4-8-12-19)15-13-18-9-5-3-6-10-18/h3-17,21,24H,1-2H3/b15-13+/t21-,24+/m0/s1. The fourth-order valence-electron chi connectivity index (χ4n) is 3.89. The van der Waals surface area contributed by atoms with E-state index >= 15 is 0 Å². The highest BCUT2D eigenvalue weighted by molar-refractivity contribution is 6.05. The molecule has 1 aliphatic rings. The van der Waals surface area contributed by atoms with Crippen molar-refractivity contribution in [2.24, 2.45) is 0 Å². The van der Waals surface area contributed by atoms with Gasteiger partial charge in [-0.05, 0) is 34.9 Å². The van der Waals surface area contributed by atoms with Crippen LogP contribution in [0.25, 0.3) is 6.08 Å². The number of hydrogen-bond donors (Lipinski definition) is 0. The van der Waals surface area contributed by atoms with E-state index in [0.29, 0.717) is 0 Å². The smallest absolute Gasteiger partial charge is 0.235 e.